The average molecular weight is 197 g/mol. The molecule has 84 valence electrons. The Kier molecular flexibility index (Phi) is 5.54. The second-order valence-corrected chi connectivity index (χ2v) is 5.24. The second-order valence-electron chi connectivity index (χ2n) is 5.24. The van der Waals surface area contributed by atoms with Crippen LogP contribution in [0.3, 0.4) is 0 Å². The molecule has 0 aliphatic heterocycles. The molecule has 0 amide bonds. The van der Waals surface area contributed by atoms with E-state index in [-0.39, 0.29) is 0 Å². The summed E-state index contributed by atoms with van der Waals surface area (Å²) >= 11 is 0. The highest BCUT2D eigenvalue weighted by molar-refractivity contribution is 4.74. The zero-order valence-electron chi connectivity index (χ0n) is 10.2. The highest BCUT2D eigenvalue weighted by Crippen LogP contribution is 2.18. The van der Waals surface area contributed by atoms with Crippen LogP contribution in [0.4, 0.5) is 0 Å². The van der Waals surface area contributed by atoms with Crippen molar-refractivity contribution in [3.8, 4) is 0 Å². The molecule has 1 saturated carbocycles. The average Bonchev–Trinajstić information content (AvgIpc) is 2.08. The van der Waals surface area contributed by atoms with Gasteiger partial charge in [-0.2, -0.15) is 0 Å². The predicted octanol–water partition coefficient (Wildman–Crippen LogP) is 3.73. The van der Waals surface area contributed by atoms with Crippen LogP contribution in [0.5, 0.6) is 0 Å². The quantitative estimate of drug-likeness (QED) is 0.727. The summed E-state index contributed by atoms with van der Waals surface area (Å²) in [6.07, 6.45) is 10.0. The molecule has 1 aliphatic carbocycles. The van der Waals surface area contributed by atoms with Gasteiger partial charge in [-0.1, -0.05) is 46.0 Å². The van der Waals surface area contributed by atoms with Gasteiger partial charge in [0.25, 0.3) is 0 Å². The normalized spacial score (nSPS) is 23.1. The molecule has 0 heterocycles. The fourth-order valence-corrected chi connectivity index (χ4v) is 2.19. The monoisotopic (exact) mass is 197 g/mol. The van der Waals surface area contributed by atoms with Crippen molar-refractivity contribution in [2.75, 3.05) is 0 Å². The molecule has 1 unspecified atom stereocenters. The lowest BCUT2D eigenvalue weighted by Gasteiger charge is -2.27. The minimum atomic E-state index is 0.680. The Morgan fingerprint density at radius 3 is 1.86 bits per heavy atom. The van der Waals surface area contributed by atoms with Crippen LogP contribution in [0.15, 0.2) is 0 Å². The van der Waals surface area contributed by atoms with E-state index in [1.807, 2.05) is 0 Å². The van der Waals surface area contributed by atoms with Gasteiger partial charge < -0.3 is 5.32 Å². The van der Waals surface area contributed by atoms with Gasteiger partial charge in [0.05, 0.1) is 0 Å². The summed E-state index contributed by atoms with van der Waals surface area (Å²) in [6.45, 7) is 6.94. The zero-order chi connectivity index (χ0) is 10.4. The molecule has 1 fully saturated rings. The van der Waals surface area contributed by atoms with E-state index in [2.05, 4.69) is 26.1 Å². The lowest BCUT2D eigenvalue weighted by Crippen LogP contribution is -2.39. The van der Waals surface area contributed by atoms with Crippen LogP contribution in [-0.4, -0.2) is 12.1 Å². The maximum absolute atomic E-state index is 3.79. The summed E-state index contributed by atoms with van der Waals surface area (Å²) in [5.41, 5.74) is 0. The molecular formula is C13H27N. The molecular weight excluding hydrogens is 170 g/mol. The molecule has 1 rings (SSSR count). The molecule has 0 aromatic rings. The molecule has 0 radical (unpaired) electrons. The summed E-state index contributed by atoms with van der Waals surface area (Å²) in [7, 11) is 0. The van der Waals surface area contributed by atoms with Gasteiger partial charge in [-0.05, 0) is 25.7 Å². The minimum Gasteiger partial charge on any atom is -0.311 e. The lowest BCUT2D eigenvalue weighted by molar-refractivity contribution is 0.322. The van der Waals surface area contributed by atoms with Crippen molar-refractivity contribution in [2.45, 2.75) is 77.8 Å². The Labute approximate surface area is 89.7 Å². The smallest absolute Gasteiger partial charge is 0.00696 e. The molecule has 14 heavy (non-hydrogen) atoms. The van der Waals surface area contributed by atoms with Crippen molar-refractivity contribution in [3.63, 3.8) is 0 Å². The molecule has 1 atom stereocenters. The molecule has 0 bridgehead atoms. The Morgan fingerprint density at radius 1 is 0.857 bits per heavy atom. The van der Waals surface area contributed by atoms with Crippen molar-refractivity contribution < 1.29 is 0 Å². The third kappa shape index (κ3) is 4.45. The number of nitrogens with one attached hydrogen (secondary N) is 1. The van der Waals surface area contributed by atoms with Gasteiger partial charge in [0, 0.05) is 12.1 Å². The molecule has 0 spiro atoms. The number of hydrogen-bond donors (Lipinski definition) is 1. The van der Waals surface area contributed by atoms with Gasteiger partial charge >= 0.3 is 0 Å². The largest absolute Gasteiger partial charge is 0.311 e. The summed E-state index contributed by atoms with van der Waals surface area (Å²) in [6, 6.07) is 1.48. The van der Waals surface area contributed by atoms with Crippen molar-refractivity contribution >= 4 is 0 Å². The van der Waals surface area contributed by atoms with Crippen LogP contribution >= 0.6 is 0 Å². The van der Waals surface area contributed by atoms with Gasteiger partial charge in [0.1, 0.15) is 0 Å². The Bertz CT molecular complexity index is 134. The summed E-state index contributed by atoms with van der Waals surface area (Å²) < 4.78 is 0. The Hall–Kier alpha value is -0.0400. The van der Waals surface area contributed by atoms with E-state index in [9.17, 15) is 0 Å². The Balaban J connectivity index is 2.26. The maximum atomic E-state index is 3.79. The van der Waals surface area contributed by atoms with Crippen molar-refractivity contribution in [1.29, 1.82) is 0 Å². The van der Waals surface area contributed by atoms with E-state index in [1.165, 1.54) is 44.9 Å². The molecule has 0 saturated heterocycles. The standard InChI is InChI=1S/C13H27N/c1-11(2)12(3)14-13-9-7-5-4-6-8-10-13/h11-14H,4-10H2,1-3H3. The minimum absolute atomic E-state index is 0.680. The first-order valence-corrected chi connectivity index (χ1v) is 6.46. The third-order valence-electron chi connectivity index (χ3n) is 3.60. The molecule has 1 nitrogen and oxygen atoms in total. The third-order valence-corrected chi connectivity index (χ3v) is 3.60. The van der Waals surface area contributed by atoms with Crippen LogP contribution < -0.4 is 5.32 Å². The van der Waals surface area contributed by atoms with E-state index < -0.39 is 0 Å². The molecule has 1 N–H and O–H groups in total. The molecule has 0 aromatic heterocycles. The van der Waals surface area contributed by atoms with Gasteiger partial charge in [-0.15, -0.1) is 0 Å². The summed E-state index contributed by atoms with van der Waals surface area (Å²) in [5.74, 6) is 0.764. The maximum Gasteiger partial charge on any atom is 0.00696 e. The van der Waals surface area contributed by atoms with Gasteiger partial charge in [-0.25, -0.2) is 0 Å². The predicted molar refractivity (Wildman–Crippen MR) is 63.5 cm³/mol. The molecule has 1 aliphatic rings. The molecule has 0 aromatic carbocycles. The van der Waals surface area contributed by atoms with Gasteiger partial charge in [0.2, 0.25) is 0 Å². The highest BCUT2D eigenvalue weighted by atomic mass is 14.9. The van der Waals surface area contributed by atoms with E-state index in [4.69, 9.17) is 0 Å². The first kappa shape index (κ1) is 12.0. The van der Waals surface area contributed by atoms with Crippen molar-refractivity contribution in [2.24, 2.45) is 5.92 Å². The fraction of sp³-hybridized carbons (Fsp3) is 1.00. The second kappa shape index (κ2) is 6.44. The number of hydrogen-bond acceptors (Lipinski definition) is 1. The zero-order valence-corrected chi connectivity index (χ0v) is 10.2. The van der Waals surface area contributed by atoms with Crippen LogP contribution in [0.1, 0.15) is 65.7 Å². The SMILES string of the molecule is CC(C)C(C)NC1CCCCCCC1. The van der Waals surface area contributed by atoms with E-state index >= 15 is 0 Å². The topological polar surface area (TPSA) is 12.0 Å². The van der Waals surface area contributed by atoms with Crippen LogP contribution in [0.2, 0.25) is 0 Å². The van der Waals surface area contributed by atoms with Crippen LogP contribution in [0, 0.1) is 5.92 Å². The van der Waals surface area contributed by atoms with Gasteiger partial charge in [-0.3, -0.25) is 0 Å². The van der Waals surface area contributed by atoms with Crippen molar-refractivity contribution in [3.05, 3.63) is 0 Å². The first-order valence-electron chi connectivity index (χ1n) is 6.46. The number of rotatable bonds is 3. The highest BCUT2D eigenvalue weighted by Gasteiger charge is 2.15. The summed E-state index contributed by atoms with van der Waals surface area (Å²) in [5, 5.41) is 3.79. The Morgan fingerprint density at radius 2 is 1.36 bits per heavy atom. The van der Waals surface area contributed by atoms with E-state index in [0.29, 0.717) is 6.04 Å². The van der Waals surface area contributed by atoms with Crippen molar-refractivity contribution in [1.82, 2.24) is 5.32 Å². The van der Waals surface area contributed by atoms with Gasteiger partial charge in [0.15, 0.2) is 0 Å². The van der Waals surface area contributed by atoms with Crippen LogP contribution in [0.25, 0.3) is 0 Å². The first-order chi connectivity index (χ1) is 6.70. The summed E-state index contributed by atoms with van der Waals surface area (Å²) in [4.78, 5) is 0. The van der Waals surface area contributed by atoms with Crippen LogP contribution in [-0.2, 0) is 0 Å². The molecule has 1 heteroatoms. The lowest BCUT2D eigenvalue weighted by atomic mass is 9.95. The van der Waals surface area contributed by atoms with E-state index in [1.54, 1.807) is 0 Å². The fourth-order valence-electron chi connectivity index (χ4n) is 2.19. The van der Waals surface area contributed by atoms with E-state index in [0.717, 1.165) is 12.0 Å².